The average Bonchev–Trinajstić information content (AvgIpc) is 2.84. The molecule has 1 aliphatic carbocycles. The molecule has 0 spiro atoms. The number of benzene rings is 4. The lowest BCUT2D eigenvalue weighted by Gasteiger charge is -2.24. The molecular formula is C28H19O2P. The molecule has 0 fully saturated rings. The SMILES string of the molecule is O=C1C(Pc2ccccc2)=C(c2ccccc2)C(=O)c2c1cccc2-c1ccccc1. The molecule has 0 bridgehead atoms. The van der Waals surface area contributed by atoms with Crippen molar-refractivity contribution >= 4 is 31.0 Å². The van der Waals surface area contributed by atoms with E-state index in [2.05, 4.69) is 0 Å². The number of carbonyl (C=O) groups excluding carboxylic acids is 2. The van der Waals surface area contributed by atoms with Gasteiger partial charge in [-0.3, -0.25) is 9.59 Å². The number of hydrogen-bond acceptors (Lipinski definition) is 2. The predicted molar refractivity (Wildman–Crippen MR) is 128 cm³/mol. The van der Waals surface area contributed by atoms with Crippen molar-refractivity contribution in [2.75, 3.05) is 0 Å². The van der Waals surface area contributed by atoms with Gasteiger partial charge in [-0.1, -0.05) is 118 Å². The third kappa shape index (κ3) is 3.56. The normalized spacial score (nSPS) is 13.7. The molecule has 4 aromatic rings. The Morgan fingerprint density at radius 1 is 0.484 bits per heavy atom. The van der Waals surface area contributed by atoms with E-state index < -0.39 is 0 Å². The van der Waals surface area contributed by atoms with Gasteiger partial charge < -0.3 is 0 Å². The van der Waals surface area contributed by atoms with Crippen molar-refractivity contribution in [3.05, 3.63) is 131 Å². The standard InChI is InChI=1S/C28H19O2P/c29-26-23-18-10-17-22(19-11-4-1-5-12-19)25(23)27(30)24(20-13-6-2-7-14-20)28(26)31-21-15-8-3-9-16-21/h1-18,31H. The molecule has 0 aromatic heterocycles. The second-order valence-electron chi connectivity index (χ2n) is 7.36. The molecule has 5 rings (SSSR count). The van der Waals surface area contributed by atoms with Crippen LogP contribution in [0.15, 0.2) is 115 Å². The number of fused-ring (bicyclic) bond motifs is 1. The number of ketones is 2. The fourth-order valence-electron chi connectivity index (χ4n) is 4.00. The Balaban J connectivity index is 1.74. The second-order valence-corrected chi connectivity index (χ2v) is 8.69. The molecule has 1 atom stereocenters. The third-order valence-electron chi connectivity index (χ3n) is 5.43. The Bertz CT molecular complexity index is 1310. The Morgan fingerprint density at radius 2 is 1.03 bits per heavy atom. The van der Waals surface area contributed by atoms with Crippen LogP contribution in [0.4, 0.5) is 0 Å². The molecule has 0 saturated carbocycles. The van der Waals surface area contributed by atoms with Crippen molar-refractivity contribution < 1.29 is 9.59 Å². The van der Waals surface area contributed by atoms with E-state index in [1.165, 1.54) is 0 Å². The maximum Gasteiger partial charge on any atom is 0.195 e. The van der Waals surface area contributed by atoms with Gasteiger partial charge in [0.15, 0.2) is 11.6 Å². The largest absolute Gasteiger partial charge is 0.289 e. The van der Waals surface area contributed by atoms with Crippen LogP contribution in [0.3, 0.4) is 0 Å². The third-order valence-corrected chi connectivity index (χ3v) is 6.78. The summed E-state index contributed by atoms with van der Waals surface area (Å²) in [6.07, 6.45) is 0. The lowest BCUT2D eigenvalue weighted by molar-refractivity contribution is 0.0999. The Morgan fingerprint density at radius 3 is 1.68 bits per heavy atom. The van der Waals surface area contributed by atoms with Gasteiger partial charge in [0, 0.05) is 22.0 Å². The first-order chi connectivity index (χ1) is 15.2. The first kappa shape index (κ1) is 19.4. The van der Waals surface area contributed by atoms with Crippen molar-refractivity contribution in [3.8, 4) is 11.1 Å². The van der Waals surface area contributed by atoms with Crippen LogP contribution in [-0.2, 0) is 0 Å². The summed E-state index contributed by atoms with van der Waals surface area (Å²) in [5.41, 5.74) is 4.02. The van der Waals surface area contributed by atoms with E-state index in [1.54, 1.807) is 6.07 Å². The topological polar surface area (TPSA) is 34.1 Å². The number of carbonyl (C=O) groups is 2. The Labute approximate surface area is 183 Å². The molecule has 1 aliphatic rings. The molecule has 4 aromatic carbocycles. The molecule has 2 nitrogen and oxygen atoms in total. The molecule has 148 valence electrons. The second kappa shape index (κ2) is 8.26. The van der Waals surface area contributed by atoms with Crippen molar-refractivity contribution in [1.82, 2.24) is 0 Å². The van der Waals surface area contributed by atoms with Crippen LogP contribution in [0.25, 0.3) is 16.7 Å². The average molecular weight is 418 g/mol. The first-order valence-electron chi connectivity index (χ1n) is 10.1. The van der Waals surface area contributed by atoms with E-state index in [-0.39, 0.29) is 20.1 Å². The molecule has 0 radical (unpaired) electrons. The summed E-state index contributed by atoms with van der Waals surface area (Å²) in [5.74, 6) is -0.146. The summed E-state index contributed by atoms with van der Waals surface area (Å²) in [6.45, 7) is 0. The van der Waals surface area contributed by atoms with Crippen molar-refractivity contribution in [2.45, 2.75) is 0 Å². The van der Waals surface area contributed by atoms with Gasteiger partial charge in [0.1, 0.15) is 0 Å². The van der Waals surface area contributed by atoms with Gasteiger partial charge >= 0.3 is 0 Å². The summed E-state index contributed by atoms with van der Waals surface area (Å²) in [7, 11) is 0.110. The minimum Gasteiger partial charge on any atom is -0.289 e. The minimum absolute atomic E-state index is 0.0616. The monoisotopic (exact) mass is 418 g/mol. The molecule has 0 N–H and O–H groups in total. The minimum atomic E-state index is -0.0846. The maximum absolute atomic E-state index is 14.0. The van der Waals surface area contributed by atoms with Crippen molar-refractivity contribution in [1.29, 1.82) is 0 Å². The van der Waals surface area contributed by atoms with Crippen LogP contribution in [0.2, 0.25) is 0 Å². The summed E-state index contributed by atoms with van der Waals surface area (Å²) in [5, 5.41) is 1.62. The highest BCUT2D eigenvalue weighted by Gasteiger charge is 2.34. The van der Waals surface area contributed by atoms with Gasteiger partial charge in [-0.15, -0.1) is 0 Å². The molecule has 0 aliphatic heterocycles. The quantitative estimate of drug-likeness (QED) is 0.373. The number of allylic oxidation sites excluding steroid dienone is 2. The zero-order valence-corrected chi connectivity index (χ0v) is 17.7. The van der Waals surface area contributed by atoms with E-state index in [0.29, 0.717) is 22.0 Å². The smallest absolute Gasteiger partial charge is 0.195 e. The van der Waals surface area contributed by atoms with Crippen LogP contribution in [-0.4, -0.2) is 11.6 Å². The zero-order chi connectivity index (χ0) is 21.2. The van der Waals surface area contributed by atoms with Crippen molar-refractivity contribution in [2.24, 2.45) is 0 Å². The summed E-state index contributed by atoms with van der Waals surface area (Å²) in [4.78, 5) is 27.7. The molecule has 0 heterocycles. The van der Waals surface area contributed by atoms with Gasteiger partial charge in [-0.05, 0) is 22.0 Å². The van der Waals surface area contributed by atoms with Crippen LogP contribution >= 0.6 is 8.58 Å². The van der Waals surface area contributed by atoms with E-state index in [4.69, 9.17) is 0 Å². The molecule has 0 saturated heterocycles. The van der Waals surface area contributed by atoms with Gasteiger partial charge in [-0.2, -0.15) is 0 Å². The Kier molecular flexibility index (Phi) is 5.16. The van der Waals surface area contributed by atoms with Crippen LogP contribution < -0.4 is 5.30 Å². The molecule has 31 heavy (non-hydrogen) atoms. The van der Waals surface area contributed by atoms with Crippen LogP contribution in [0, 0.1) is 0 Å². The van der Waals surface area contributed by atoms with E-state index in [9.17, 15) is 9.59 Å². The first-order valence-corrected chi connectivity index (χ1v) is 11.1. The lowest BCUT2D eigenvalue weighted by Crippen LogP contribution is -2.21. The summed E-state index contributed by atoms with van der Waals surface area (Å²) in [6, 6.07) is 34.8. The Hall–Kier alpha value is -3.61. The van der Waals surface area contributed by atoms with Gasteiger partial charge in [0.25, 0.3) is 0 Å². The van der Waals surface area contributed by atoms with Gasteiger partial charge in [0.2, 0.25) is 0 Å². The highest BCUT2D eigenvalue weighted by atomic mass is 31.1. The summed E-state index contributed by atoms with van der Waals surface area (Å²) >= 11 is 0. The van der Waals surface area contributed by atoms with Gasteiger partial charge in [0.05, 0.1) is 0 Å². The predicted octanol–water partition coefficient (Wildman–Crippen LogP) is 6.15. The van der Waals surface area contributed by atoms with E-state index in [0.717, 1.165) is 22.0 Å². The summed E-state index contributed by atoms with van der Waals surface area (Å²) < 4.78 is 0. The van der Waals surface area contributed by atoms with Gasteiger partial charge in [-0.25, -0.2) is 0 Å². The van der Waals surface area contributed by atoms with Crippen molar-refractivity contribution in [3.63, 3.8) is 0 Å². The zero-order valence-electron chi connectivity index (χ0n) is 16.7. The molecule has 0 amide bonds. The molecule has 3 heteroatoms. The highest BCUT2D eigenvalue weighted by molar-refractivity contribution is 7.54. The van der Waals surface area contributed by atoms with Crippen LogP contribution in [0.5, 0.6) is 0 Å². The van der Waals surface area contributed by atoms with E-state index in [1.807, 2.05) is 103 Å². The highest BCUT2D eigenvalue weighted by Crippen LogP contribution is 2.43. The van der Waals surface area contributed by atoms with Crippen LogP contribution in [0.1, 0.15) is 26.3 Å². The fraction of sp³-hybridized carbons (Fsp3) is 0. The fourth-order valence-corrected chi connectivity index (χ4v) is 5.28. The van der Waals surface area contributed by atoms with E-state index >= 15 is 0 Å². The molecule has 1 unspecified atom stereocenters. The number of Topliss-reactive ketones (excluding diaryl/α,β-unsaturated/α-hetero) is 2. The number of hydrogen-bond donors (Lipinski definition) is 0. The molecular weight excluding hydrogens is 399 g/mol. The lowest BCUT2D eigenvalue weighted by atomic mass is 9.82. The maximum atomic E-state index is 14.0. The number of rotatable bonds is 4.